The van der Waals surface area contributed by atoms with E-state index < -0.39 is 37.2 Å². The van der Waals surface area contributed by atoms with Gasteiger partial charge in [0, 0.05) is 26.1 Å². The number of carbonyl (C=O) groups excluding carboxylic acids is 3. The first-order valence-electron chi connectivity index (χ1n) is 13.2. The standard InChI is InChI=1S/C25H37BN4O6/c31-23-21-14-20(36-25(33)29-15-18-10-7-8-11-19(18)16-29)17-30(21)24(32)27-13-9-5-3-1-2-4-6-12-22(28-23)26(34)35/h7-8,10-11,20-22,34-35H,1-6,9,12-17H2,(H,27,32)(H,28,31)/t20-,21+,22?/m1/s1. The van der Waals surface area contributed by atoms with Crippen LogP contribution in [0.1, 0.15) is 68.9 Å². The lowest BCUT2D eigenvalue weighted by Gasteiger charge is -2.26. The summed E-state index contributed by atoms with van der Waals surface area (Å²) < 4.78 is 5.74. The summed E-state index contributed by atoms with van der Waals surface area (Å²) in [7, 11) is -1.69. The first-order valence-corrected chi connectivity index (χ1v) is 13.2. The molecule has 0 aliphatic carbocycles. The Morgan fingerprint density at radius 2 is 1.61 bits per heavy atom. The van der Waals surface area contributed by atoms with Crippen LogP contribution in [0.3, 0.4) is 0 Å². The van der Waals surface area contributed by atoms with Crippen LogP contribution in [0.2, 0.25) is 0 Å². The number of nitrogens with one attached hydrogen (secondary N) is 2. The van der Waals surface area contributed by atoms with Crippen molar-refractivity contribution in [3.63, 3.8) is 0 Å². The molecule has 0 spiro atoms. The number of amides is 4. The zero-order valence-electron chi connectivity index (χ0n) is 20.7. The molecule has 1 unspecified atom stereocenters. The number of rotatable bonds is 2. The average molecular weight is 500 g/mol. The van der Waals surface area contributed by atoms with Gasteiger partial charge in [0.25, 0.3) is 0 Å². The summed E-state index contributed by atoms with van der Waals surface area (Å²) in [6.45, 7) is 1.54. The fourth-order valence-electron chi connectivity index (χ4n) is 5.28. The van der Waals surface area contributed by atoms with Crippen molar-refractivity contribution >= 4 is 25.1 Å². The average Bonchev–Trinajstić information content (AvgIpc) is 3.48. The van der Waals surface area contributed by atoms with Crippen LogP contribution in [-0.4, -0.2) is 76.2 Å². The highest BCUT2D eigenvalue weighted by Gasteiger charge is 2.43. The third kappa shape index (κ3) is 6.70. The van der Waals surface area contributed by atoms with Crippen molar-refractivity contribution in [2.45, 2.75) is 89.0 Å². The van der Waals surface area contributed by atoms with Crippen molar-refractivity contribution in [3.05, 3.63) is 35.4 Å². The molecule has 11 heteroatoms. The van der Waals surface area contributed by atoms with Gasteiger partial charge in [-0.25, -0.2) is 9.59 Å². The molecule has 4 amide bonds. The fraction of sp³-hybridized carbons (Fsp3) is 0.640. The molecule has 3 aliphatic heterocycles. The van der Waals surface area contributed by atoms with Gasteiger partial charge in [0.05, 0.1) is 12.5 Å². The van der Waals surface area contributed by atoms with Crippen LogP contribution in [0.25, 0.3) is 0 Å². The Kier molecular flexibility index (Phi) is 9.09. The molecule has 4 N–H and O–H groups in total. The largest absolute Gasteiger partial charge is 0.475 e. The van der Waals surface area contributed by atoms with Gasteiger partial charge in [-0.05, 0) is 24.0 Å². The summed E-state index contributed by atoms with van der Waals surface area (Å²) in [6, 6.07) is 6.59. The van der Waals surface area contributed by atoms with Crippen LogP contribution in [-0.2, 0) is 22.6 Å². The van der Waals surface area contributed by atoms with Crippen molar-refractivity contribution in [2.24, 2.45) is 0 Å². The van der Waals surface area contributed by atoms with Crippen LogP contribution in [0.5, 0.6) is 0 Å². The van der Waals surface area contributed by atoms with E-state index in [1.54, 1.807) is 4.90 Å². The van der Waals surface area contributed by atoms with Crippen LogP contribution in [0.15, 0.2) is 24.3 Å². The van der Waals surface area contributed by atoms with E-state index in [0.29, 0.717) is 26.1 Å². The normalized spacial score (nSPS) is 26.0. The molecule has 0 aromatic heterocycles. The highest BCUT2D eigenvalue weighted by atomic mass is 16.6. The van der Waals surface area contributed by atoms with E-state index in [0.717, 1.165) is 56.1 Å². The first kappa shape index (κ1) is 26.3. The van der Waals surface area contributed by atoms with Crippen LogP contribution in [0, 0.1) is 0 Å². The van der Waals surface area contributed by atoms with E-state index >= 15 is 0 Å². The van der Waals surface area contributed by atoms with E-state index in [9.17, 15) is 24.4 Å². The van der Waals surface area contributed by atoms with Crippen LogP contribution in [0.4, 0.5) is 9.59 Å². The van der Waals surface area contributed by atoms with E-state index in [1.807, 2.05) is 24.3 Å². The second-order valence-corrected chi connectivity index (χ2v) is 10.1. The van der Waals surface area contributed by atoms with Crippen LogP contribution < -0.4 is 10.6 Å². The minimum atomic E-state index is -1.69. The Labute approximate surface area is 212 Å². The van der Waals surface area contributed by atoms with Crippen molar-refractivity contribution in [1.82, 2.24) is 20.4 Å². The number of benzene rings is 1. The fourth-order valence-corrected chi connectivity index (χ4v) is 5.28. The van der Waals surface area contributed by atoms with Crippen molar-refractivity contribution in [2.75, 3.05) is 13.1 Å². The summed E-state index contributed by atoms with van der Waals surface area (Å²) in [4.78, 5) is 42.0. The summed E-state index contributed by atoms with van der Waals surface area (Å²) in [5, 5.41) is 25.2. The van der Waals surface area contributed by atoms with Gasteiger partial charge in [-0.15, -0.1) is 0 Å². The molecule has 1 aromatic rings. The number of fused-ring (bicyclic) bond motifs is 2. The number of ether oxygens (including phenoxy) is 1. The Hall–Kier alpha value is -2.79. The van der Waals surface area contributed by atoms with Gasteiger partial charge < -0.3 is 30.3 Å². The third-order valence-electron chi connectivity index (χ3n) is 7.35. The summed E-state index contributed by atoms with van der Waals surface area (Å²) >= 11 is 0. The molecule has 0 bridgehead atoms. The second kappa shape index (κ2) is 12.4. The molecule has 2 fully saturated rings. The third-order valence-corrected chi connectivity index (χ3v) is 7.35. The summed E-state index contributed by atoms with van der Waals surface area (Å²) in [6.07, 6.45) is 6.33. The van der Waals surface area contributed by atoms with Crippen molar-refractivity contribution < 1.29 is 29.2 Å². The van der Waals surface area contributed by atoms with Gasteiger partial charge >= 0.3 is 19.2 Å². The lowest BCUT2D eigenvalue weighted by molar-refractivity contribution is -0.125. The van der Waals surface area contributed by atoms with Crippen molar-refractivity contribution in [1.29, 1.82) is 0 Å². The number of hydrogen-bond acceptors (Lipinski definition) is 6. The molecule has 196 valence electrons. The quantitative estimate of drug-likeness (QED) is 0.459. The zero-order valence-corrected chi connectivity index (χ0v) is 20.7. The molecule has 0 saturated carbocycles. The lowest BCUT2D eigenvalue weighted by atomic mass is 9.76. The van der Waals surface area contributed by atoms with E-state index in [2.05, 4.69) is 10.6 Å². The predicted octanol–water partition coefficient (Wildman–Crippen LogP) is 1.92. The molecule has 3 aliphatic rings. The summed E-state index contributed by atoms with van der Waals surface area (Å²) in [5.74, 6) is -1.29. The van der Waals surface area contributed by atoms with Gasteiger partial charge in [-0.1, -0.05) is 62.8 Å². The maximum absolute atomic E-state index is 13.2. The lowest BCUT2D eigenvalue weighted by Crippen LogP contribution is -2.54. The Balaban J connectivity index is 1.42. The highest BCUT2D eigenvalue weighted by molar-refractivity contribution is 6.43. The molecular weight excluding hydrogens is 463 g/mol. The monoisotopic (exact) mass is 500 g/mol. The van der Waals surface area contributed by atoms with Crippen LogP contribution >= 0.6 is 0 Å². The molecule has 10 nitrogen and oxygen atoms in total. The highest BCUT2D eigenvalue weighted by Crippen LogP contribution is 2.26. The smallest absolute Gasteiger partial charge is 0.444 e. The topological polar surface area (TPSA) is 131 Å². The molecule has 2 saturated heterocycles. The van der Waals surface area contributed by atoms with Gasteiger partial charge in [0.2, 0.25) is 5.91 Å². The molecule has 3 heterocycles. The Morgan fingerprint density at radius 3 is 2.28 bits per heavy atom. The van der Waals surface area contributed by atoms with Gasteiger partial charge in [0.15, 0.2) is 0 Å². The Morgan fingerprint density at radius 1 is 0.972 bits per heavy atom. The van der Waals surface area contributed by atoms with Gasteiger partial charge in [-0.3, -0.25) is 9.69 Å². The number of nitrogens with zero attached hydrogens (tertiary/aromatic N) is 2. The summed E-state index contributed by atoms with van der Waals surface area (Å²) in [5.41, 5.74) is 2.16. The minimum Gasteiger partial charge on any atom is -0.444 e. The maximum Gasteiger partial charge on any atom is 0.475 e. The maximum atomic E-state index is 13.2. The van der Waals surface area contributed by atoms with E-state index in [1.165, 1.54) is 4.90 Å². The number of hydrogen-bond donors (Lipinski definition) is 4. The number of carbonyl (C=O) groups is 3. The molecular formula is C25H37BN4O6. The SMILES string of the molecule is O=C1NC(B(O)O)CCCCCCCCCNC(=O)N2C[C@H](OC(=O)N3Cc4ccccc4C3)C[C@@H]12. The number of urea groups is 1. The predicted molar refractivity (Wildman–Crippen MR) is 134 cm³/mol. The minimum absolute atomic E-state index is 0.1000. The zero-order chi connectivity index (χ0) is 25.5. The molecule has 0 radical (unpaired) electrons. The molecule has 36 heavy (non-hydrogen) atoms. The Bertz CT molecular complexity index is 907. The first-order chi connectivity index (χ1) is 17.4. The molecule has 1 aromatic carbocycles. The van der Waals surface area contributed by atoms with E-state index in [-0.39, 0.29) is 19.0 Å². The molecule has 4 rings (SSSR count). The van der Waals surface area contributed by atoms with Gasteiger partial charge in [-0.2, -0.15) is 0 Å². The van der Waals surface area contributed by atoms with E-state index in [4.69, 9.17) is 4.74 Å². The van der Waals surface area contributed by atoms with Gasteiger partial charge in [0.1, 0.15) is 12.1 Å². The second-order valence-electron chi connectivity index (χ2n) is 10.1. The van der Waals surface area contributed by atoms with Crippen molar-refractivity contribution in [3.8, 4) is 0 Å². The molecule has 3 atom stereocenters.